The first-order valence-corrected chi connectivity index (χ1v) is 14.8. The van der Waals surface area contributed by atoms with Gasteiger partial charge in [-0.15, -0.1) is 0 Å². The molecule has 0 saturated heterocycles. The molecule has 2 heterocycles. The van der Waals surface area contributed by atoms with E-state index in [0.717, 1.165) is 11.1 Å². The molecule has 2 aromatic carbocycles. The summed E-state index contributed by atoms with van der Waals surface area (Å²) in [6.45, 7) is 11.6. The normalized spacial score (nSPS) is 11.9. The quantitative estimate of drug-likeness (QED) is 0.293. The first kappa shape index (κ1) is 30.0. The van der Waals surface area contributed by atoms with Gasteiger partial charge in [0.2, 0.25) is 0 Å². The number of carbonyl (C=O) groups is 2. The highest BCUT2D eigenvalue weighted by atomic mass is 35.5. The van der Waals surface area contributed by atoms with E-state index in [1.165, 1.54) is 23.1 Å². The molecule has 0 aliphatic heterocycles. The van der Waals surface area contributed by atoms with E-state index in [-0.39, 0.29) is 17.1 Å². The molecule has 0 unspecified atom stereocenters. The van der Waals surface area contributed by atoms with Gasteiger partial charge in [0.05, 0.1) is 11.4 Å². The number of hydrogen-bond donors (Lipinski definition) is 1. The topological polar surface area (TPSA) is 123 Å². The number of nitrogens with one attached hydrogen (secondary N) is 1. The molecule has 2 aromatic heterocycles. The van der Waals surface area contributed by atoms with Crippen LogP contribution in [-0.2, 0) is 21.3 Å². The molecule has 216 valence electrons. The summed E-state index contributed by atoms with van der Waals surface area (Å²) in [5.74, 6) is -0.233. The lowest BCUT2D eigenvalue weighted by Gasteiger charge is -2.27. The van der Waals surface area contributed by atoms with Crippen molar-refractivity contribution in [2.45, 2.75) is 58.6 Å². The van der Waals surface area contributed by atoms with E-state index < -0.39 is 27.6 Å². The predicted molar refractivity (Wildman–Crippen MR) is 158 cm³/mol. The zero-order chi connectivity index (χ0) is 30.1. The number of pyridine rings is 1. The van der Waals surface area contributed by atoms with Gasteiger partial charge in [-0.05, 0) is 83.5 Å². The van der Waals surface area contributed by atoms with Crippen LogP contribution in [0.1, 0.15) is 55.1 Å². The van der Waals surface area contributed by atoms with Crippen LogP contribution in [-0.4, -0.2) is 47.1 Å². The number of rotatable bonds is 7. The fraction of sp³-hybridized carbons (Fsp3) is 0.310. The van der Waals surface area contributed by atoms with Gasteiger partial charge < -0.3 is 9.30 Å². The number of halogens is 1. The smallest absolute Gasteiger partial charge is 0.414 e. The molecule has 41 heavy (non-hydrogen) atoms. The van der Waals surface area contributed by atoms with E-state index in [9.17, 15) is 18.0 Å². The zero-order valence-corrected chi connectivity index (χ0v) is 25.3. The number of carbonyl (C=O) groups excluding carboxylic acids is 2. The molecule has 0 fully saturated rings. The minimum atomic E-state index is -4.08. The second-order valence-corrected chi connectivity index (χ2v) is 12.6. The van der Waals surface area contributed by atoms with Crippen molar-refractivity contribution in [3.63, 3.8) is 0 Å². The molecule has 0 atom stereocenters. The third-order valence-corrected chi connectivity index (χ3v) is 7.88. The molecular weight excluding hydrogens is 566 g/mol. The second kappa shape index (κ2) is 11.5. The maximum Gasteiger partial charge on any atom is 0.414 e. The van der Waals surface area contributed by atoms with Gasteiger partial charge in [0, 0.05) is 17.3 Å². The first-order valence-electron chi connectivity index (χ1n) is 12.9. The van der Waals surface area contributed by atoms with Crippen molar-refractivity contribution in [1.29, 1.82) is 0 Å². The Hall–Kier alpha value is -3.96. The van der Waals surface area contributed by atoms with E-state index >= 15 is 0 Å². The average Bonchev–Trinajstić information content (AvgIpc) is 3.19. The monoisotopic (exact) mass is 597 g/mol. The largest absolute Gasteiger partial charge is 0.443 e. The summed E-state index contributed by atoms with van der Waals surface area (Å²) in [5, 5.41) is 0.420. The Morgan fingerprint density at radius 1 is 1.02 bits per heavy atom. The lowest BCUT2D eigenvalue weighted by Crippen LogP contribution is -2.36. The average molecular weight is 598 g/mol. The molecule has 0 spiro atoms. The molecule has 1 N–H and O–H groups in total. The Morgan fingerprint density at radius 2 is 1.71 bits per heavy atom. The van der Waals surface area contributed by atoms with Crippen LogP contribution >= 0.6 is 11.6 Å². The van der Waals surface area contributed by atoms with Crippen LogP contribution in [0.3, 0.4) is 0 Å². The summed E-state index contributed by atoms with van der Waals surface area (Å²) in [5.41, 5.74) is 2.44. The number of ether oxygens (including phenoxy) is 1. The van der Waals surface area contributed by atoms with Crippen molar-refractivity contribution in [2.24, 2.45) is 0 Å². The van der Waals surface area contributed by atoms with Gasteiger partial charge in [0.25, 0.3) is 15.9 Å². The lowest BCUT2D eigenvalue weighted by atomic mass is 10.2. The molecule has 12 heteroatoms. The predicted octanol–water partition coefficient (Wildman–Crippen LogP) is 5.63. The number of fused-ring (bicyclic) bond motifs is 1. The summed E-state index contributed by atoms with van der Waals surface area (Å²) < 4.78 is 34.8. The molecule has 0 radical (unpaired) electrons. The van der Waals surface area contributed by atoms with E-state index in [2.05, 4.69) is 14.7 Å². The molecule has 4 aromatic rings. The Kier molecular flexibility index (Phi) is 8.41. The second-order valence-electron chi connectivity index (χ2n) is 10.5. The molecule has 2 amide bonds. The lowest BCUT2D eigenvalue weighted by molar-refractivity contribution is 0.0582. The molecule has 0 aliphatic carbocycles. The van der Waals surface area contributed by atoms with Crippen molar-refractivity contribution in [3.05, 3.63) is 82.3 Å². The van der Waals surface area contributed by atoms with Gasteiger partial charge in [-0.1, -0.05) is 35.4 Å². The SMILES string of the molecule is CCN(C(=O)OC(C)(C)C)c1ccc(Cn2c(C)nc3ccc(C(=O)NS(=O)(=O)c4ccc(C)cc4)nc32)c(Cl)c1. The molecule has 0 bridgehead atoms. The van der Waals surface area contributed by atoms with Crippen molar-refractivity contribution in [3.8, 4) is 0 Å². The van der Waals surface area contributed by atoms with Gasteiger partial charge in [-0.2, -0.15) is 0 Å². The number of amides is 2. The van der Waals surface area contributed by atoms with Crippen molar-refractivity contribution >= 4 is 50.5 Å². The highest BCUT2D eigenvalue weighted by Gasteiger charge is 2.24. The van der Waals surface area contributed by atoms with Crippen molar-refractivity contribution < 1.29 is 22.7 Å². The van der Waals surface area contributed by atoms with Crippen LogP contribution in [0.25, 0.3) is 11.2 Å². The van der Waals surface area contributed by atoms with Crippen molar-refractivity contribution in [2.75, 3.05) is 11.4 Å². The highest BCUT2D eigenvalue weighted by Crippen LogP contribution is 2.27. The Morgan fingerprint density at radius 3 is 2.32 bits per heavy atom. The van der Waals surface area contributed by atoms with Crippen molar-refractivity contribution in [1.82, 2.24) is 19.3 Å². The van der Waals surface area contributed by atoms with E-state index in [1.54, 1.807) is 68.7 Å². The fourth-order valence-corrected chi connectivity index (χ4v) is 5.31. The van der Waals surface area contributed by atoms with Crippen LogP contribution in [0.15, 0.2) is 59.5 Å². The fourth-order valence-electron chi connectivity index (χ4n) is 4.12. The van der Waals surface area contributed by atoms with Crippen LogP contribution in [0, 0.1) is 13.8 Å². The number of nitrogens with zero attached hydrogens (tertiary/aromatic N) is 4. The Labute approximate surface area is 244 Å². The van der Waals surface area contributed by atoms with Gasteiger partial charge in [-0.25, -0.2) is 27.9 Å². The molecule has 4 rings (SSSR count). The van der Waals surface area contributed by atoms with Gasteiger partial charge in [0.15, 0.2) is 5.65 Å². The minimum absolute atomic E-state index is 0.0233. The van der Waals surface area contributed by atoms with E-state index in [4.69, 9.17) is 16.3 Å². The maximum atomic E-state index is 12.9. The van der Waals surface area contributed by atoms with Gasteiger partial charge in [-0.3, -0.25) is 9.69 Å². The van der Waals surface area contributed by atoms with Crippen LogP contribution in [0.4, 0.5) is 10.5 Å². The summed E-state index contributed by atoms with van der Waals surface area (Å²) in [6.07, 6.45) is -0.473. The molecule has 0 aliphatic rings. The number of benzene rings is 2. The van der Waals surface area contributed by atoms with E-state index in [0.29, 0.717) is 34.2 Å². The highest BCUT2D eigenvalue weighted by molar-refractivity contribution is 7.90. The zero-order valence-electron chi connectivity index (χ0n) is 23.7. The van der Waals surface area contributed by atoms with Crippen LogP contribution in [0.5, 0.6) is 0 Å². The number of anilines is 1. The number of hydrogen-bond acceptors (Lipinski definition) is 7. The molecular formula is C29H32ClN5O5S. The third kappa shape index (κ3) is 6.86. The number of imidazole rings is 1. The molecule has 0 saturated carbocycles. The first-order chi connectivity index (χ1) is 19.2. The van der Waals surface area contributed by atoms with Gasteiger partial charge in [0.1, 0.15) is 22.6 Å². The summed E-state index contributed by atoms with van der Waals surface area (Å²) >= 11 is 6.65. The number of sulfonamides is 1. The maximum absolute atomic E-state index is 12.9. The number of aromatic nitrogens is 3. The third-order valence-electron chi connectivity index (χ3n) is 6.18. The summed E-state index contributed by atoms with van der Waals surface area (Å²) in [4.78, 5) is 36.0. The number of aryl methyl sites for hydroxylation is 2. The summed E-state index contributed by atoms with van der Waals surface area (Å²) in [7, 11) is -4.08. The van der Waals surface area contributed by atoms with Crippen LogP contribution < -0.4 is 9.62 Å². The van der Waals surface area contributed by atoms with Crippen LogP contribution in [0.2, 0.25) is 5.02 Å². The Balaban J connectivity index is 1.60. The summed E-state index contributed by atoms with van der Waals surface area (Å²) in [6, 6.07) is 14.5. The Bertz CT molecular complexity index is 1730. The molecule has 10 nitrogen and oxygen atoms in total. The standard InChI is InChI=1S/C29H32ClN5O5S/c1-7-34(28(37)40-29(4,5)6)21-11-10-20(23(30)16-21)17-35-19(3)31-24-14-15-25(32-26(24)35)27(36)33-41(38,39)22-12-8-18(2)9-13-22/h8-16H,7,17H2,1-6H3,(H,33,36). The van der Waals surface area contributed by atoms with E-state index in [1.807, 2.05) is 13.8 Å². The van der Waals surface area contributed by atoms with Gasteiger partial charge >= 0.3 is 6.09 Å². The minimum Gasteiger partial charge on any atom is -0.443 e.